The summed E-state index contributed by atoms with van der Waals surface area (Å²) < 4.78 is 0. The third-order valence-corrected chi connectivity index (χ3v) is 2.89. The van der Waals surface area contributed by atoms with Crippen LogP contribution in [0.15, 0.2) is 24.3 Å². The first kappa shape index (κ1) is 11.4. The number of hydrogen-bond donors (Lipinski definition) is 3. The number of carboxylic acid groups (broad SMARTS) is 1. The Morgan fingerprint density at radius 1 is 1.29 bits per heavy atom. The molecule has 2 atom stereocenters. The largest absolute Gasteiger partial charge is 0.508 e. The minimum Gasteiger partial charge on any atom is -0.508 e. The number of carbonyl (C=O) groups is 2. The summed E-state index contributed by atoms with van der Waals surface area (Å²) in [5, 5.41) is 20.8. The summed E-state index contributed by atoms with van der Waals surface area (Å²) in [6.07, 6.45) is 0.405. The van der Waals surface area contributed by atoms with Crippen LogP contribution in [0.3, 0.4) is 0 Å². The number of para-hydroxylation sites is 1. The van der Waals surface area contributed by atoms with Gasteiger partial charge < -0.3 is 15.5 Å². The van der Waals surface area contributed by atoms with Gasteiger partial charge in [0.2, 0.25) is 5.91 Å². The number of carboxylic acids is 1. The van der Waals surface area contributed by atoms with Crippen LogP contribution >= 0.6 is 0 Å². The average Bonchev–Trinajstić information content (AvgIpc) is 3.07. The summed E-state index contributed by atoms with van der Waals surface area (Å²) in [5.74, 6) is -2.02. The highest BCUT2D eigenvalue weighted by molar-refractivity contribution is 5.89. The average molecular weight is 235 g/mol. The minimum atomic E-state index is -0.923. The van der Waals surface area contributed by atoms with Crippen LogP contribution in [-0.4, -0.2) is 22.1 Å². The Hall–Kier alpha value is -2.04. The number of benzene rings is 1. The van der Waals surface area contributed by atoms with Gasteiger partial charge in [-0.25, -0.2) is 0 Å². The Morgan fingerprint density at radius 2 is 2.00 bits per heavy atom. The van der Waals surface area contributed by atoms with Crippen LogP contribution in [0, 0.1) is 11.8 Å². The lowest BCUT2D eigenvalue weighted by Crippen LogP contribution is -2.25. The topological polar surface area (TPSA) is 86.6 Å². The second-order valence-corrected chi connectivity index (χ2v) is 4.13. The zero-order valence-corrected chi connectivity index (χ0v) is 9.09. The Kier molecular flexibility index (Phi) is 2.99. The second-order valence-electron chi connectivity index (χ2n) is 4.13. The van der Waals surface area contributed by atoms with Crippen LogP contribution in [0.2, 0.25) is 0 Å². The molecule has 1 aliphatic rings. The van der Waals surface area contributed by atoms with E-state index in [1.165, 1.54) is 0 Å². The van der Waals surface area contributed by atoms with Gasteiger partial charge in [0.05, 0.1) is 11.8 Å². The van der Waals surface area contributed by atoms with Crippen molar-refractivity contribution in [3.05, 3.63) is 29.8 Å². The van der Waals surface area contributed by atoms with Crippen LogP contribution in [0.1, 0.15) is 12.0 Å². The van der Waals surface area contributed by atoms with Crippen LogP contribution in [-0.2, 0) is 16.1 Å². The van der Waals surface area contributed by atoms with E-state index in [-0.39, 0.29) is 18.2 Å². The van der Waals surface area contributed by atoms with Gasteiger partial charge in [0.25, 0.3) is 0 Å². The summed E-state index contributed by atoms with van der Waals surface area (Å²) in [7, 11) is 0. The van der Waals surface area contributed by atoms with Gasteiger partial charge in [-0.2, -0.15) is 0 Å². The fraction of sp³-hybridized carbons (Fsp3) is 0.333. The minimum absolute atomic E-state index is 0.124. The molecule has 0 aliphatic heterocycles. The first-order valence-electron chi connectivity index (χ1n) is 5.37. The van der Waals surface area contributed by atoms with Gasteiger partial charge in [-0.1, -0.05) is 18.2 Å². The molecule has 0 bridgehead atoms. The van der Waals surface area contributed by atoms with Gasteiger partial charge >= 0.3 is 5.97 Å². The molecule has 0 radical (unpaired) electrons. The summed E-state index contributed by atoms with van der Waals surface area (Å²) in [6.45, 7) is 0.217. The lowest BCUT2D eigenvalue weighted by molar-refractivity contribution is -0.140. The maximum atomic E-state index is 11.5. The third-order valence-electron chi connectivity index (χ3n) is 2.89. The third kappa shape index (κ3) is 2.55. The van der Waals surface area contributed by atoms with Crippen molar-refractivity contribution in [2.45, 2.75) is 13.0 Å². The SMILES string of the molecule is O=C(O)[C@H]1C[C@H]1C(=O)NCc1ccccc1O. The number of aliphatic carboxylic acids is 1. The quantitative estimate of drug-likeness (QED) is 0.718. The number of hydrogen-bond acceptors (Lipinski definition) is 3. The van der Waals surface area contributed by atoms with E-state index >= 15 is 0 Å². The molecule has 0 aromatic heterocycles. The Morgan fingerprint density at radius 3 is 2.59 bits per heavy atom. The standard InChI is InChI=1S/C12H13NO4/c14-10-4-2-1-3-7(10)6-13-11(15)8-5-9(8)12(16)17/h1-4,8-9,14H,5-6H2,(H,13,15)(H,16,17)/t8-,9+/m1/s1. The molecule has 1 aromatic rings. The molecule has 0 spiro atoms. The lowest BCUT2D eigenvalue weighted by atomic mass is 10.2. The predicted octanol–water partition coefficient (Wildman–Crippen LogP) is 0.729. The van der Waals surface area contributed by atoms with Gasteiger partial charge in [0.15, 0.2) is 0 Å². The smallest absolute Gasteiger partial charge is 0.307 e. The monoisotopic (exact) mass is 235 g/mol. The summed E-state index contributed by atoms with van der Waals surface area (Å²) in [5.41, 5.74) is 0.619. The molecule has 5 nitrogen and oxygen atoms in total. The van der Waals surface area contributed by atoms with E-state index in [1.807, 2.05) is 0 Å². The number of phenolic OH excluding ortho intramolecular Hbond substituents is 1. The van der Waals surface area contributed by atoms with Crippen molar-refractivity contribution in [2.24, 2.45) is 11.8 Å². The van der Waals surface area contributed by atoms with E-state index in [2.05, 4.69) is 5.32 Å². The van der Waals surface area contributed by atoms with Crippen molar-refractivity contribution in [3.8, 4) is 5.75 Å². The number of phenols is 1. The molecular formula is C12H13NO4. The number of aromatic hydroxyl groups is 1. The molecule has 0 unspecified atom stereocenters. The van der Waals surface area contributed by atoms with Gasteiger partial charge in [-0.05, 0) is 12.5 Å². The number of rotatable bonds is 4. The highest BCUT2D eigenvalue weighted by Gasteiger charge is 2.48. The van der Waals surface area contributed by atoms with Gasteiger partial charge in [0, 0.05) is 12.1 Å². The summed E-state index contributed by atoms with van der Waals surface area (Å²) in [4.78, 5) is 22.1. The van der Waals surface area contributed by atoms with Crippen molar-refractivity contribution in [3.63, 3.8) is 0 Å². The molecule has 1 fully saturated rings. The summed E-state index contributed by atoms with van der Waals surface area (Å²) >= 11 is 0. The molecule has 2 rings (SSSR count). The molecule has 90 valence electrons. The van der Waals surface area contributed by atoms with Crippen LogP contribution in [0.25, 0.3) is 0 Å². The van der Waals surface area contributed by atoms with E-state index in [0.717, 1.165) is 0 Å². The number of carbonyl (C=O) groups excluding carboxylic acids is 1. The molecule has 0 saturated heterocycles. The molecular weight excluding hydrogens is 222 g/mol. The normalized spacial score (nSPS) is 21.9. The van der Waals surface area contributed by atoms with Crippen LogP contribution in [0.5, 0.6) is 5.75 Å². The van der Waals surface area contributed by atoms with Gasteiger partial charge in [0.1, 0.15) is 5.75 Å². The molecule has 3 N–H and O–H groups in total. The Bertz CT molecular complexity index is 458. The lowest BCUT2D eigenvalue weighted by Gasteiger charge is -2.06. The molecule has 17 heavy (non-hydrogen) atoms. The van der Waals surface area contributed by atoms with Crippen molar-refractivity contribution in [1.29, 1.82) is 0 Å². The fourth-order valence-corrected chi connectivity index (χ4v) is 1.73. The van der Waals surface area contributed by atoms with E-state index in [9.17, 15) is 14.7 Å². The van der Waals surface area contributed by atoms with Gasteiger partial charge in [-0.3, -0.25) is 9.59 Å². The summed E-state index contributed by atoms with van der Waals surface area (Å²) in [6, 6.07) is 6.70. The van der Waals surface area contributed by atoms with Gasteiger partial charge in [-0.15, -0.1) is 0 Å². The first-order chi connectivity index (χ1) is 8.09. The number of amides is 1. The van der Waals surface area contributed by atoms with Crippen LogP contribution < -0.4 is 5.32 Å². The molecule has 1 amide bonds. The second kappa shape index (κ2) is 4.45. The maximum Gasteiger partial charge on any atom is 0.307 e. The van der Waals surface area contributed by atoms with E-state index in [0.29, 0.717) is 12.0 Å². The highest BCUT2D eigenvalue weighted by Crippen LogP contribution is 2.38. The van der Waals surface area contributed by atoms with E-state index in [1.54, 1.807) is 24.3 Å². The van der Waals surface area contributed by atoms with E-state index < -0.39 is 17.8 Å². The molecule has 1 saturated carbocycles. The van der Waals surface area contributed by atoms with Crippen LogP contribution in [0.4, 0.5) is 0 Å². The van der Waals surface area contributed by atoms with Crippen molar-refractivity contribution in [1.82, 2.24) is 5.32 Å². The predicted molar refractivity (Wildman–Crippen MR) is 59.2 cm³/mol. The number of nitrogens with one attached hydrogen (secondary N) is 1. The van der Waals surface area contributed by atoms with E-state index in [4.69, 9.17) is 5.11 Å². The van der Waals surface area contributed by atoms with Crippen molar-refractivity contribution >= 4 is 11.9 Å². The maximum absolute atomic E-state index is 11.5. The molecule has 0 heterocycles. The van der Waals surface area contributed by atoms with Crippen molar-refractivity contribution in [2.75, 3.05) is 0 Å². The molecule has 1 aliphatic carbocycles. The zero-order chi connectivity index (χ0) is 12.4. The fourth-order valence-electron chi connectivity index (χ4n) is 1.73. The zero-order valence-electron chi connectivity index (χ0n) is 9.09. The highest BCUT2D eigenvalue weighted by atomic mass is 16.4. The Balaban J connectivity index is 1.86. The van der Waals surface area contributed by atoms with Crippen molar-refractivity contribution < 1.29 is 19.8 Å². The first-order valence-corrected chi connectivity index (χ1v) is 5.37. The molecule has 5 heteroatoms. The Labute approximate surface area is 98.1 Å². The molecule has 1 aromatic carbocycles.